The highest BCUT2D eigenvalue weighted by atomic mass is 32.2. The Morgan fingerprint density at radius 1 is 1.29 bits per heavy atom. The van der Waals surface area contributed by atoms with Crippen LogP contribution in [0.4, 0.5) is 5.00 Å². The quantitative estimate of drug-likeness (QED) is 0.357. The van der Waals surface area contributed by atoms with Crippen molar-refractivity contribution >= 4 is 39.9 Å². The van der Waals surface area contributed by atoms with Gasteiger partial charge in [-0.25, -0.2) is 0 Å². The molecule has 2 amide bonds. The standard InChI is InChI=1S/C23H22N6O3S2/c1-13(21(31)26-22-18(19(24)30)16-7-2-8-17(16)34-22)33-23-28-27-20(14-5-3-9-25-11-14)29(23)12-15-6-4-10-32-15/h3-6,9-11,13H,2,7-8,12H2,1H3,(H2,24,30)(H,26,31)/t13-/m1/s1. The summed E-state index contributed by atoms with van der Waals surface area (Å²) in [5, 5.41) is 12.2. The fraction of sp³-hybridized carbons (Fsp3) is 0.261. The molecule has 4 aromatic rings. The van der Waals surface area contributed by atoms with Crippen molar-refractivity contribution in [1.82, 2.24) is 19.7 Å². The molecule has 174 valence electrons. The van der Waals surface area contributed by atoms with Gasteiger partial charge in [0.25, 0.3) is 5.91 Å². The van der Waals surface area contributed by atoms with Gasteiger partial charge in [0.15, 0.2) is 11.0 Å². The van der Waals surface area contributed by atoms with Crippen LogP contribution in [0.15, 0.2) is 52.5 Å². The van der Waals surface area contributed by atoms with Crippen LogP contribution in [0.2, 0.25) is 0 Å². The minimum absolute atomic E-state index is 0.233. The molecule has 1 atom stereocenters. The molecule has 0 aromatic carbocycles. The van der Waals surface area contributed by atoms with E-state index in [1.165, 1.54) is 23.1 Å². The van der Waals surface area contributed by atoms with E-state index in [9.17, 15) is 9.59 Å². The molecule has 0 saturated heterocycles. The summed E-state index contributed by atoms with van der Waals surface area (Å²) in [6, 6.07) is 7.43. The Morgan fingerprint density at radius 2 is 2.18 bits per heavy atom. The number of hydrogen-bond donors (Lipinski definition) is 2. The molecule has 3 N–H and O–H groups in total. The van der Waals surface area contributed by atoms with Gasteiger partial charge in [-0.3, -0.25) is 19.1 Å². The van der Waals surface area contributed by atoms with Crippen LogP contribution < -0.4 is 11.1 Å². The Balaban J connectivity index is 1.38. The summed E-state index contributed by atoms with van der Waals surface area (Å²) in [4.78, 5) is 30.4. The number of pyridine rings is 1. The monoisotopic (exact) mass is 494 g/mol. The molecule has 34 heavy (non-hydrogen) atoms. The summed E-state index contributed by atoms with van der Waals surface area (Å²) in [7, 11) is 0. The largest absolute Gasteiger partial charge is 0.467 e. The van der Waals surface area contributed by atoms with E-state index < -0.39 is 11.2 Å². The number of carbonyl (C=O) groups excluding carboxylic acids is 2. The minimum Gasteiger partial charge on any atom is -0.467 e. The van der Waals surface area contributed by atoms with Gasteiger partial charge in [-0.1, -0.05) is 11.8 Å². The summed E-state index contributed by atoms with van der Waals surface area (Å²) in [6.45, 7) is 2.20. The molecule has 11 heteroatoms. The number of thiophene rings is 1. The Labute approximate surface area is 203 Å². The Hall–Kier alpha value is -3.44. The predicted octanol–water partition coefficient (Wildman–Crippen LogP) is 3.75. The van der Waals surface area contributed by atoms with Crippen LogP contribution in [-0.2, 0) is 24.2 Å². The van der Waals surface area contributed by atoms with E-state index in [1.54, 1.807) is 25.6 Å². The average Bonchev–Trinajstić information content (AvgIpc) is 3.60. The maximum atomic E-state index is 13.1. The van der Waals surface area contributed by atoms with Crippen LogP contribution in [-0.4, -0.2) is 36.8 Å². The van der Waals surface area contributed by atoms with Gasteiger partial charge < -0.3 is 15.5 Å². The van der Waals surface area contributed by atoms with Crippen LogP contribution in [0, 0.1) is 0 Å². The first-order chi connectivity index (χ1) is 16.5. The van der Waals surface area contributed by atoms with Crippen molar-refractivity contribution in [2.45, 2.75) is 43.1 Å². The zero-order chi connectivity index (χ0) is 23.7. The molecule has 0 unspecified atom stereocenters. The van der Waals surface area contributed by atoms with Crippen molar-refractivity contribution in [2.75, 3.05) is 5.32 Å². The van der Waals surface area contributed by atoms with Crippen LogP contribution in [0.1, 0.15) is 39.9 Å². The molecule has 4 heterocycles. The number of nitrogens with zero attached hydrogens (tertiary/aromatic N) is 4. The first-order valence-electron chi connectivity index (χ1n) is 10.8. The summed E-state index contributed by atoms with van der Waals surface area (Å²) >= 11 is 2.73. The third-order valence-electron chi connectivity index (χ3n) is 5.59. The number of fused-ring (bicyclic) bond motifs is 1. The second kappa shape index (κ2) is 9.43. The van der Waals surface area contributed by atoms with Gasteiger partial charge in [0, 0.05) is 22.8 Å². The fourth-order valence-electron chi connectivity index (χ4n) is 3.96. The van der Waals surface area contributed by atoms with Gasteiger partial charge in [-0.05, 0) is 56.0 Å². The van der Waals surface area contributed by atoms with Crippen molar-refractivity contribution in [3.8, 4) is 11.4 Å². The van der Waals surface area contributed by atoms with Gasteiger partial charge in [-0.15, -0.1) is 21.5 Å². The summed E-state index contributed by atoms with van der Waals surface area (Å²) in [5.74, 6) is 0.630. The molecular weight excluding hydrogens is 472 g/mol. The molecule has 5 rings (SSSR count). The van der Waals surface area contributed by atoms with Crippen molar-refractivity contribution < 1.29 is 14.0 Å². The lowest BCUT2D eigenvalue weighted by molar-refractivity contribution is -0.115. The first-order valence-corrected chi connectivity index (χ1v) is 12.5. The summed E-state index contributed by atoms with van der Waals surface area (Å²) in [5.41, 5.74) is 7.86. The Bertz CT molecular complexity index is 1330. The van der Waals surface area contributed by atoms with Crippen LogP contribution in [0.25, 0.3) is 11.4 Å². The van der Waals surface area contributed by atoms with E-state index in [-0.39, 0.29) is 5.91 Å². The van der Waals surface area contributed by atoms with E-state index in [1.807, 2.05) is 28.8 Å². The van der Waals surface area contributed by atoms with Gasteiger partial charge in [0.1, 0.15) is 10.8 Å². The number of primary amides is 1. The molecule has 0 saturated carbocycles. The second-order valence-electron chi connectivity index (χ2n) is 7.89. The molecule has 1 aliphatic rings. The fourth-order valence-corrected chi connectivity index (χ4v) is 6.11. The lowest BCUT2D eigenvalue weighted by atomic mass is 10.1. The highest BCUT2D eigenvalue weighted by molar-refractivity contribution is 8.00. The summed E-state index contributed by atoms with van der Waals surface area (Å²) in [6.07, 6.45) is 7.76. The number of thioether (sulfide) groups is 1. The third-order valence-corrected chi connectivity index (χ3v) is 7.87. The van der Waals surface area contributed by atoms with E-state index in [0.29, 0.717) is 28.1 Å². The van der Waals surface area contributed by atoms with E-state index >= 15 is 0 Å². The SMILES string of the molecule is C[C@@H](Sc1nnc(-c2cccnc2)n1Cc1ccco1)C(=O)Nc1sc2c(c1C(N)=O)CCC2. The van der Waals surface area contributed by atoms with Gasteiger partial charge in [-0.2, -0.15) is 0 Å². The third kappa shape index (κ3) is 4.36. The topological polar surface area (TPSA) is 129 Å². The number of aryl methyl sites for hydroxylation is 1. The molecule has 0 radical (unpaired) electrons. The number of nitrogens with one attached hydrogen (secondary N) is 1. The predicted molar refractivity (Wildman–Crippen MR) is 130 cm³/mol. The molecule has 4 aromatic heterocycles. The first kappa shape index (κ1) is 22.4. The van der Waals surface area contributed by atoms with Crippen molar-refractivity contribution in [3.63, 3.8) is 0 Å². The highest BCUT2D eigenvalue weighted by Crippen LogP contribution is 2.39. The van der Waals surface area contributed by atoms with Gasteiger partial charge >= 0.3 is 0 Å². The Morgan fingerprint density at radius 3 is 2.91 bits per heavy atom. The second-order valence-corrected chi connectivity index (χ2v) is 10.3. The molecule has 1 aliphatic carbocycles. The molecule has 0 spiro atoms. The zero-order valence-corrected chi connectivity index (χ0v) is 20.0. The summed E-state index contributed by atoms with van der Waals surface area (Å²) < 4.78 is 7.43. The van der Waals surface area contributed by atoms with E-state index in [0.717, 1.165) is 41.0 Å². The molecular formula is C23H22N6O3S2. The normalized spacial score (nSPS) is 13.6. The maximum absolute atomic E-state index is 13.1. The minimum atomic E-state index is -0.505. The number of aromatic nitrogens is 4. The van der Waals surface area contributed by atoms with Crippen molar-refractivity contribution in [3.05, 3.63) is 64.7 Å². The van der Waals surface area contributed by atoms with Crippen LogP contribution >= 0.6 is 23.1 Å². The zero-order valence-electron chi connectivity index (χ0n) is 18.4. The number of amides is 2. The number of furan rings is 1. The van der Waals surface area contributed by atoms with Crippen molar-refractivity contribution in [1.29, 1.82) is 0 Å². The number of carbonyl (C=O) groups is 2. The number of anilines is 1. The smallest absolute Gasteiger partial charge is 0.251 e. The molecule has 9 nitrogen and oxygen atoms in total. The van der Waals surface area contributed by atoms with Gasteiger partial charge in [0.05, 0.1) is 23.6 Å². The van der Waals surface area contributed by atoms with Crippen molar-refractivity contribution in [2.24, 2.45) is 5.73 Å². The highest BCUT2D eigenvalue weighted by Gasteiger charge is 2.28. The lowest BCUT2D eigenvalue weighted by Crippen LogP contribution is -2.24. The average molecular weight is 495 g/mol. The number of hydrogen-bond acceptors (Lipinski definition) is 8. The van der Waals surface area contributed by atoms with Crippen LogP contribution in [0.3, 0.4) is 0 Å². The van der Waals surface area contributed by atoms with Crippen LogP contribution in [0.5, 0.6) is 0 Å². The van der Waals surface area contributed by atoms with E-state index in [2.05, 4.69) is 20.5 Å². The molecule has 0 bridgehead atoms. The number of nitrogens with two attached hydrogens (primary N) is 1. The maximum Gasteiger partial charge on any atom is 0.251 e. The lowest BCUT2D eigenvalue weighted by Gasteiger charge is -2.13. The number of rotatable bonds is 8. The van der Waals surface area contributed by atoms with E-state index in [4.69, 9.17) is 10.2 Å². The Kier molecular flexibility index (Phi) is 6.20. The molecule has 0 fully saturated rings. The molecule has 0 aliphatic heterocycles. The van der Waals surface area contributed by atoms with Gasteiger partial charge in [0.2, 0.25) is 5.91 Å².